The van der Waals surface area contributed by atoms with Crippen molar-refractivity contribution >= 4 is 5.57 Å². The lowest BCUT2D eigenvalue weighted by Crippen LogP contribution is -2.14. The van der Waals surface area contributed by atoms with Crippen molar-refractivity contribution in [2.75, 3.05) is 0 Å². The summed E-state index contributed by atoms with van der Waals surface area (Å²) < 4.78 is 0. The molecule has 2 rings (SSSR count). The van der Waals surface area contributed by atoms with E-state index in [0.29, 0.717) is 0 Å². The van der Waals surface area contributed by atoms with Gasteiger partial charge in [-0.3, -0.25) is 0 Å². The van der Waals surface area contributed by atoms with Gasteiger partial charge in [0.15, 0.2) is 0 Å². The van der Waals surface area contributed by atoms with E-state index in [1.165, 1.54) is 22.3 Å². The first-order chi connectivity index (χ1) is 6.59. The van der Waals surface area contributed by atoms with Crippen molar-refractivity contribution in [2.24, 2.45) is 0 Å². The maximum atomic E-state index is 4.18. The fourth-order valence-electron chi connectivity index (χ4n) is 2.49. The second kappa shape index (κ2) is 2.84. The van der Waals surface area contributed by atoms with E-state index >= 15 is 0 Å². The van der Waals surface area contributed by atoms with Crippen LogP contribution in [0.4, 0.5) is 0 Å². The first-order valence-corrected chi connectivity index (χ1v) is 5.05. The highest BCUT2D eigenvalue weighted by Gasteiger charge is 2.35. The van der Waals surface area contributed by atoms with Crippen LogP contribution in [0.5, 0.6) is 0 Å². The summed E-state index contributed by atoms with van der Waals surface area (Å²) in [7, 11) is 0. The standard InChI is InChI=1S/C14H16/c1-5-12-10(2)11-8-6-7-9-13(11)14(12,3)4/h5-9H,2H2,1,3-4H3/b12-5+. The zero-order valence-corrected chi connectivity index (χ0v) is 9.09. The van der Waals surface area contributed by atoms with Gasteiger partial charge in [-0.05, 0) is 29.2 Å². The number of hydrogen-bond donors (Lipinski definition) is 0. The van der Waals surface area contributed by atoms with Gasteiger partial charge in [-0.15, -0.1) is 0 Å². The Morgan fingerprint density at radius 1 is 1.21 bits per heavy atom. The second-order valence-corrected chi connectivity index (χ2v) is 4.35. The third-order valence-corrected chi connectivity index (χ3v) is 3.21. The highest BCUT2D eigenvalue weighted by Crippen LogP contribution is 2.48. The van der Waals surface area contributed by atoms with Gasteiger partial charge in [0.25, 0.3) is 0 Å². The van der Waals surface area contributed by atoms with Gasteiger partial charge in [-0.1, -0.05) is 50.8 Å². The van der Waals surface area contributed by atoms with Crippen molar-refractivity contribution in [2.45, 2.75) is 26.2 Å². The molecule has 0 fully saturated rings. The van der Waals surface area contributed by atoms with E-state index in [4.69, 9.17) is 0 Å². The van der Waals surface area contributed by atoms with Crippen LogP contribution >= 0.6 is 0 Å². The van der Waals surface area contributed by atoms with Crippen LogP contribution in [0.15, 0.2) is 42.5 Å². The lowest BCUT2D eigenvalue weighted by atomic mass is 9.82. The lowest BCUT2D eigenvalue weighted by Gasteiger charge is -2.21. The summed E-state index contributed by atoms with van der Waals surface area (Å²) in [5.41, 5.74) is 5.39. The quantitative estimate of drug-likeness (QED) is 0.573. The lowest BCUT2D eigenvalue weighted by molar-refractivity contribution is 0.660. The summed E-state index contributed by atoms with van der Waals surface area (Å²) in [6, 6.07) is 8.55. The van der Waals surface area contributed by atoms with Crippen LogP contribution < -0.4 is 0 Å². The summed E-state index contributed by atoms with van der Waals surface area (Å²) >= 11 is 0. The maximum Gasteiger partial charge on any atom is 0.0155 e. The molecular weight excluding hydrogens is 168 g/mol. The second-order valence-electron chi connectivity index (χ2n) is 4.35. The Bertz CT molecular complexity index is 419. The molecule has 0 aromatic heterocycles. The molecule has 0 bridgehead atoms. The molecule has 0 aliphatic heterocycles. The molecule has 0 heterocycles. The van der Waals surface area contributed by atoms with Crippen molar-refractivity contribution < 1.29 is 0 Å². The minimum atomic E-state index is 0.127. The van der Waals surface area contributed by atoms with E-state index in [0.717, 1.165) is 0 Å². The summed E-state index contributed by atoms with van der Waals surface area (Å²) in [5.74, 6) is 0. The minimum Gasteiger partial charge on any atom is -0.0909 e. The van der Waals surface area contributed by atoms with Crippen molar-refractivity contribution in [3.8, 4) is 0 Å². The topological polar surface area (TPSA) is 0 Å². The highest BCUT2D eigenvalue weighted by atomic mass is 14.4. The normalized spacial score (nSPS) is 21.4. The zero-order chi connectivity index (χ0) is 10.3. The molecular formula is C14H16. The van der Waals surface area contributed by atoms with Crippen LogP contribution in [-0.4, -0.2) is 0 Å². The molecule has 0 atom stereocenters. The molecule has 1 aromatic carbocycles. The summed E-state index contributed by atoms with van der Waals surface area (Å²) in [5, 5.41) is 0. The third-order valence-electron chi connectivity index (χ3n) is 3.21. The number of rotatable bonds is 0. The van der Waals surface area contributed by atoms with Crippen molar-refractivity contribution in [1.82, 2.24) is 0 Å². The molecule has 0 spiro atoms. The van der Waals surface area contributed by atoms with E-state index in [1.54, 1.807) is 0 Å². The van der Waals surface area contributed by atoms with Gasteiger partial charge in [-0.2, -0.15) is 0 Å². The SMILES string of the molecule is C=C1/C(=C\C)C(C)(C)c2ccccc21. The van der Waals surface area contributed by atoms with E-state index in [9.17, 15) is 0 Å². The number of allylic oxidation sites excluding steroid dienone is 3. The first kappa shape index (κ1) is 9.26. The van der Waals surface area contributed by atoms with Crippen molar-refractivity contribution in [3.05, 3.63) is 53.6 Å². The molecule has 0 unspecified atom stereocenters. The molecule has 1 aromatic rings. The number of fused-ring (bicyclic) bond motifs is 1. The molecule has 72 valence electrons. The van der Waals surface area contributed by atoms with Gasteiger partial charge < -0.3 is 0 Å². The van der Waals surface area contributed by atoms with E-state index < -0.39 is 0 Å². The smallest absolute Gasteiger partial charge is 0.0155 e. The van der Waals surface area contributed by atoms with Crippen LogP contribution in [0.25, 0.3) is 5.57 Å². The molecule has 14 heavy (non-hydrogen) atoms. The first-order valence-electron chi connectivity index (χ1n) is 5.05. The molecule has 0 nitrogen and oxygen atoms in total. The van der Waals surface area contributed by atoms with Crippen LogP contribution in [-0.2, 0) is 5.41 Å². The predicted octanol–water partition coefficient (Wildman–Crippen LogP) is 3.94. The average molecular weight is 184 g/mol. The molecule has 0 saturated carbocycles. The fraction of sp³-hybridized carbons (Fsp3) is 0.286. The van der Waals surface area contributed by atoms with Crippen LogP contribution in [0, 0.1) is 0 Å². The maximum absolute atomic E-state index is 4.18. The minimum absolute atomic E-state index is 0.127. The number of benzene rings is 1. The third kappa shape index (κ3) is 1.00. The summed E-state index contributed by atoms with van der Waals surface area (Å²) in [6.45, 7) is 10.8. The van der Waals surface area contributed by atoms with E-state index in [1.807, 2.05) is 0 Å². The van der Waals surface area contributed by atoms with Gasteiger partial charge >= 0.3 is 0 Å². The Morgan fingerprint density at radius 3 is 2.43 bits per heavy atom. The Labute approximate surface area is 86.0 Å². The average Bonchev–Trinajstić information content (AvgIpc) is 2.36. The molecule has 0 N–H and O–H groups in total. The highest BCUT2D eigenvalue weighted by molar-refractivity contribution is 5.88. The summed E-state index contributed by atoms with van der Waals surface area (Å²) in [6.07, 6.45) is 2.18. The van der Waals surface area contributed by atoms with Gasteiger partial charge in [0.2, 0.25) is 0 Å². The Morgan fingerprint density at radius 2 is 1.86 bits per heavy atom. The predicted molar refractivity (Wildman–Crippen MR) is 62.3 cm³/mol. The molecule has 1 aliphatic carbocycles. The van der Waals surface area contributed by atoms with Gasteiger partial charge in [-0.25, -0.2) is 0 Å². The van der Waals surface area contributed by atoms with Crippen LogP contribution in [0.2, 0.25) is 0 Å². The van der Waals surface area contributed by atoms with Gasteiger partial charge in [0.05, 0.1) is 0 Å². The molecule has 0 heteroatoms. The molecule has 1 aliphatic rings. The van der Waals surface area contributed by atoms with Gasteiger partial charge in [0, 0.05) is 5.41 Å². The number of hydrogen-bond acceptors (Lipinski definition) is 0. The van der Waals surface area contributed by atoms with E-state index in [-0.39, 0.29) is 5.41 Å². The Hall–Kier alpha value is -1.30. The Balaban J connectivity index is 2.74. The molecule has 0 saturated heterocycles. The molecule has 0 amide bonds. The van der Waals surface area contributed by atoms with Crippen LogP contribution in [0.3, 0.4) is 0 Å². The summed E-state index contributed by atoms with van der Waals surface area (Å²) in [4.78, 5) is 0. The van der Waals surface area contributed by atoms with Crippen molar-refractivity contribution in [3.63, 3.8) is 0 Å². The zero-order valence-electron chi connectivity index (χ0n) is 9.09. The van der Waals surface area contributed by atoms with Gasteiger partial charge in [0.1, 0.15) is 0 Å². The monoisotopic (exact) mass is 184 g/mol. The fourth-order valence-corrected chi connectivity index (χ4v) is 2.49. The van der Waals surface area contributed by atoms with E-state index in [2.05, 4.69) is 57.7 Å². The Kier molecular flexibility index (Phi) is 1.88. The van der Waals surface area contributed by atoms with Crippen LogP contribution in [0.1, 0.15) is 31.9 Å². The van der Waals surface area contributed by atoms with Crippen molar-refractivity contribution in [1.29, 1.82) is 0 Å². The molecule has 0 radical (unpaired) electrons. The largest absolute Gasteiger partial charge is 0.0909 e.